The number of benzene rings is 2. The van der Waals surface area contributed by atoms with Gasteiger partial charge in [-0.1, -0.05) is 36.4 Å². The predicted molar refractivity (Wildman–Crippen MR) is 125 cm³/mol. The molecule has 0 radical (unpaired) electrons. The Balaban J connectivity index is 1.27. The summed E-state index contributed by atoms with van der Waals surface area (Å²) in [4.78, 5) is 30.0. The summed E-state index contributed by atoms with van der Waals surface area (Å²) in [6.07, 6.45) is 4.57. The fourth-order valence-corrected chi connectivity index (χ4v) is 4.17. The zero-order valence-electron chi connectivity index (χ0n) is 19.0. The molecule has 1 fully saturated rings. The molecule has 1 aliphatic carbocycles. The van der Waals surface area contributed by atoms with Crippen LogP contribution in [0.2, 0.25) is 0 Å². The monoisotopic (exact) mass is 460 g/mol. The topological polar surface area (TPSA) is 72.2 Å². The van der Waals surface area contributed by atoms with Crippen LogP contribution in [0.1, 0.15) is 36.1 Å². The minimum Gasteiger partial charge on any atom is -0.467 e. The third-order valence-electron chi connectivity index (χ3n) is 6.17. The Morgan fingerprint density at radius 1 is 0.853 bits per heavy atom. The number of nitrogens with zero attached hydrogens (tertiary/aromatic N) is 2. The van der Waals surface area contributed by atoms with Crippen molar-refractivity contribution in [2.75, 3.05) is 13.3 Å². The number of hydrogen-bond donors (Lipinski definition) is 0. The normalized spacial score (nSPS) is 14.1. The van der Waals surface area contributed by atoms with Gasteiger partial charge in [0.25, 0.3) is 0 Å². The molecule has 2 heterocycles. The smallest absolute Gasteiger partial charge is 0.242 e. The Labute approximate surface area is 198 Å². The van der Waals surface area contributed by atoms with Crippen LogP contribution in [0, 0.1) is 0 Å². The van der Waals surface area contributed by atoms with Crippen LogP contribution in [-0.2, 0) is 29.1 Å². The van der Waals surface area contributed by atoms with Crippen molar-refractivity contribution in [3.05, 3.63) is 83.8 Å². The Morgan fingerprint density at radius 2 is 1.68 bits per heavy atom. The van der Waals surface area contributed by atoms with Gasteiger partial charge >= 0.3 is 0 Å². The summed E-state index contributed by atoms with van der Waals surface area (Å²) in [7, 11) is 0. The van der Waals surface area contributed by atoms with Gasteiger partial charge < -0.3 is 23.7 Å². The highest BCUT2D eigenvalue weighted by molar-refractivity contribution is 5.85. The maximum Gasteiger partial charge on any atom is 0.242 e. The fourth-order valence-electron chi connectivity index (χ4n) is 4.17. The summed E-state index contributed by atoms with van der Waals surface area (Å²) < 4.78 is 16.4. The van der Waals surface area contributed by atoms with Gasteiger partial charge in [-0.3, -0.25) is 9.59 Å². The molecule has 0 atom stereocenters. The second kappa shape index (κ2) is 10.0. The van der Waals surface area contributed by atoms with Gasteiger partial charge in [0.1, 0.15) is 12.3 Å². The third kappa shape index (κ3) is 5.42. The van der Waals surface area contributed by atoms with Gasteiger partial charge in [-0.05, 0) is 54.7 Å². The van der Waals surface area contributed by atoms with E-state index < -0.39 is 0 Å². The number of furan rings is 1. The van der Waals surface area contributed by atoms with Crippen LogP contribution in [-0.4, -0.2) is 41.0 Å². The minimum absolute atomic E-state index is 0.0285. The number of fused-ring (bicyclic) bond motifs is 1. The standard InChI is InChI=1S/C27H28N2O5/c30-26(13-9-20-5-2-1-3-6-20)29(22-10-11-22)18-27(31)28(17-23-7-4-14-32-23)16-21-8-12-24-25(15-21)34-19-33-24/h1-8,12,14-15,22H,9-11,13,16-19H2. The zero-order chi connectivity index (χ0) is 23.3. The quantitative estimate of drug-likeness (QED) is 0.454. The number of aryl methyl sites for hydroxylation is 1. The lowest BCUT2D eigenvalue weighted by molar-refractivity contribution is -0.141. The third-order valence-corrected chi connectivity index (χ3v) is 6.17. The molecule has 2 aromatic carbocycles. The van der Waals surface area contributed by atoms with E-state index in [1.54, 1.807) is 16.1 Å². The molecule has 7 nitrogen and oxygen atoms in total. The number of hydrogen-bond acceptors (Lipinski definition) is 5. The molecule has 7 heteroatoms. The Kier molecular flexibility index (Phi) is 6.51. The van der Waals surface area contributed by atoms with Crippen LogP contribution in [0.3, 0.4) is 0 Å². The van der Waals surface area contributed by atoms with E-state index in [1.165, 1.54) is 0 Å². The van der Waals surface area contributed by atoms with Crippen LogP contribution in [0.25, 0.3) is 0 Å². The van der Waals surface area contributed by atoms with E-state index in [4.69, 9.17) is 13.9 Å². The van der Waals surface area contributed by atoms with Gasteiger partial charge in [0.15, 0.2) is 11.5 Å². The second-order valence-electron chi connectivity index (χ2n) is 8.76. The summed E-state index contributed by atoms with van der Waals surface area (Å²) in [6.45, 7) is 0.989. The lowest BCUT2D eigenvalue weighted by Crippen LogP contribution is -2.43. The maximum absolute atomic E-state index is 13.5. The van der Waals surface area contributed by atoms with Gasteiger partial charge in [0, 0.05) is 19.0 Å². The first kappa shape index (κ1) is 22.1. The molecule has 176 valence electrons. The van der Waals surface area contributed by atoms with E-state index in [-0.39, 0.29) is 31.2 Å². The Morgan fingerprint density at radius 3 is 2.44 bits per heavy atom. The first-order valence-corrected chi connectivity index (χ1v) is 11.7. The van der Waals surface area contributed by atoms with Crippen molar-refractivity contribution in [3.8, 4) is 11.5 Å². The van der Waals surface area contributed by atoms with Crippen molar-refractivity contribution in [3.63, 3.8) is 0 Å². The molecule has 0 N–H and O–H groups in total. The van der Waals surface area contributed by atoms with Crippen LogP contribution in [0.5, 0.6) is 11.5 Å². The van der Waals surface area contributed by atoms with Crippen molar-refractivity contribution in [2.24, 2.45) is 0 Å². The molecule has 5 rings (SSSR count). The molecule has 1 aromatic heterocycles. The molecule has 3 aromatic rings. The fraction of sp³-hybridized carbons (Fsp3) is 0.333. The summed E-state index contributed by atoms with van der Waals surface area (Å²) in [5, 5.41) is 0. The van der Waals surface area contributed by atoms with Gasteiger partial charge in [0.05, 0.1) is 12.8 Å². The van der Waals surface area contributed by atoms with Crippen molar-refractivity contribution >= 4 is 11.8 Å². The van der Waals surface area contributed by atoms with Crippen molar-refractivity contribution in [1.29, 1.82) is 0 Å². The van der Waals surface area contributed by atoms with E-state index in [1.807, 2.05) is 60.7 Å². The van der Waals surface area contributed by atoms with Crippen LogP contribution in [0.15, 0.2) is 71.3 Å². The highest BCUT2D eigenvalue weighted by Gasteiger charge is 2.34. The van der Waals surface area contributed by atoms with Crippen LogP contribution >= 0.6 is 0 Å². The SMILES string of the molecule is O=C(CN(C(=O)CCc1ccccc1)C1CC1)N(Cc1ccc2c(c1)OCO2)Cc1ccco1. The number of carbonyl (C=O) groups is 2. The van der Waals surface area contributed by atoms with Crippen LogP contribution in [0.4, 0.5) is 0 Å². The molecular weight excluding hydrogens is 432 g/mol. The molecule has 2 amide bonds. The molecule has 0 spiro atoms. The molecule has 0 unspecified atom stereocenters. The molecule has 2 aliphatic rings. The van der Waals surface area contributed by atoms with E-state index in [0.717, 1.165) is 24.0 Å². The number of carbonyl (C=O) groups excluding carboxylic acids is 2. The number of amides is 2. The van der Waals surface area contributed by atoms with E-state index in [9.17, 15) is 9.59 Å². The summed E-state index contributed by atoms with van der Waals surface area (Å²) in [5.41, 5.74) is 2.05. The minimum atomic E-state index is -0.103. The van der Waals surface area contributed by atoms with Gasteiger partial charge in [-0.15, -0.1) is 0 Å². The van der Waals surface area contributed by atoms with Crippen molar-refractivity contribution in [2.45, 2.75) is 44.8 Å². The average Bonchev–Trinajstić information content (AvgIpc) is 3.35. The van der Waals surface area contributed by atoms with E-state index in [0.29, 0.717) is 43.2 Å². The first-order chi connectivity index (χ1) is 16.7. The molecule has 34 heavy (non-hydrogen) atoms. The summed E-state index contributed by atoms with van der Waals surface area (Å²) in [5.74, 6) is 2.01. The van der Waals surface area contributed by atoms with Crippen molar-refractivity contribution in [1.82, 2.24) is 9.80 Å². The average molecular weight is 461 g/mol. The Bertz CT molecular complexity index is 1130. The van der Waals surface area contributed by atoms with E-state index in [2.05, 4.69) is 0 Å². The summed E-state index contributed by atoms with van der Waals surface area (Å²) >= 11 is 0. The van der Waals surface area contributed by atoms with Crippen molar-refractivity contribution < 1.29 is 23.5 Å². The molecule has 1 aliphatic heterocycles. The van der Waals surface area contributed by atoms with E-state index >= 15 is 0 Å². The molecule has 1 saturated carbocycles. The lowest BCUT2D eigenvalue weighted by atomic mass is 10.1. The number of rotatable bonds is 10. The summed E-state index contributed by atoms with van der Waals surface area (Å²) in [6, 6.07) is 19.5. The molecule has 0 saturated heterocycles. The predicted octanol–water partition coefficient (Wildman–Crippen LogP) is 4.16. The van der Waals surface area contributed by atoms with Gasteiger partial charge in [-0.25, -0.2) is 0 Å². The second-order valence-corrected chi connectivity index (χ2v) is 8.76. The Hall–Kier alpha value is -3.74. The highest BCUT2D eigenvalue weighted by Crippen LogP contribution is 2.33. The molecule has 0 bridgehead atoms. The van der Waals surface area contributed by atoms with Gasteiger partial charge in [0.2, 0.25) is 18.6 Å². The zero-order valence-corrected chi connectivity index (χ0v) is 19.0. The highest BCUT2D eigenvalue weighted by atomic mass is 16.7. The first-order valence-electron chi connectivity index (χ1n) is 11.7. The molecular formula is C27H28N2O5. The van der Waals surface area contributed by atoms with Gasteiger partial charge in [-0.2, -0.15) is 0 Å². The largest absolute Gasteiger partial charge is 0.467 e. The number of ether oxygens (including phenoxy) is 2. The van der Waals surface area contributed by atoms with Crippen LogP contribution < -0.4 is 9.47 Å². The lowest BCUT2D eigenvalue weighted by Gasteiger charge is -2.27. The maximum atomic E-state index is 13.5.